The number of sulfonamides is 1. The van der Waals surface area contributed by atoms with Gasteiger partial charge in [-0.1, -0.05) is 17.4 Å². The molecule has 34 heavy (non-hydrogen) atoms. The lowest BCUT2D eigenvalue weighted by molar-refractivity contribution is 0.103. The summed E-state index contributed by atoms with van der Waals surface area (Å²) < 4.78 is 60.7. The number of hydrogen-bond acceptors (Lipinski definition) is 8. The van der Waals surface area contributed by atoms with Gasteiger partial charge in [0.15, 0.2) is 5.13 Å². The first kappa shape index (κ1) is 23.5. The molecule has 4 N–H and O–H groups in total. The first-order valence-corrected chi connectivity index (χ1v) is 12.1. The molecular formula is C22H18F2N4O4S2. The standard InChI is InChI=1S/C22H18F2N4O4S2/c1-12-5-8-14(32-12)11-26-34(30,31)15-9-6-13(7-10-15)27-22-28-21(25)20(33-22)19(29)18-16(23)3-2-4-17(18)24/h2-10,26H,11,25H2,1H3,(H,27,28). The van der Waals surface area contributed by atoms with Gasteiger partial charge in [-0.05, 0) is 55.5 Å². The zero-order valence-electron chi connectivity index (χ0n) is 17.6. The van der Waals surface area contributed by atoms with Crippen LogP contribution in [0.5, 0.6) is 0 Å². The van der Waals surface area contributed by atoms with Gasteiger partial charge in [-0.25, -0.2) is 26.9 Å². The number of furan rings is 1. The average molecular weight is 505 g/mol. The number of benzene rings is 2. The first-order chi connectivity index (χ1) is 16.1. The molecule has 0 fully saturated rings. The number of aryl methyl sites for hydroxylation is 1. The molecule has 0 amide bonds. The summed E-state index contributed by atoms with van der Waals surface area (Å²) in [5, 5.41) is 3.09. The third-order valence-corrected chi connectivity index (χ3v) is 7.10. The lowest BCUT2D eigenvalue weighted by atomic mass is 10.1. The van der Waals surface area contributed by atoms with Crippen LogP contribution in [0, 0.1) is 18.6 Å². The molecule has 12 heteroatoms. The van der Waals surface area contributed by atoms with E-state index in [0.29, 0.717) is 17.2 Å². The Kier molecular flexibility index (Phi) is 6.46. The summed E-state index contributed by atoms with van der Waals surface area (Å²) in [7, 11) is -3.78. The number of nitrogens with zero attached hydrogens (tertiary/aromatic N) is 1. The molecule has 0 atom stereocenters. The van der Waals surface area contributed by atoms with Gasteiger partial charge >= 0.3 is 0 Å². The van der Waals surface area contributed by atoms with Gasteiger partial charge in [-0.15, -0.1) is 0 Å². The minimum absolute atomic E-state index is 0.00791. The van der Waals surface area contributed by atoms with Gasteiger partial charge in [0.1, 0.15) is 33.8 Å². The van der Waals surface area contributed by atoms with Crippen LogP contribution in [0.2, 0.25) is 0 Å². The van der Waals surface area contributed by atoms with Crippen molar-refractivity contribution in [3.05, 3.63) is 88.2 Å². The third-order valence-electron chi connectivity index (χ3n) is 4.70. The summed E-state index contributed by atoms with van der Waals surface area (Å²) in [5.74, 6) is -1.94. The van der Waals surface area contributed by atoms with Crippen molar-refractivity contribution in [1.29, 1.82) is 0 Å². The van der Waals surface area contributed by atoms with Crippen molar-refractivity contribution in [3.63, 3.8) is 0 Å². The highest BCUT2D eigenvalue weighted by Gasteiger charge is 2.24. The molecular weight excluding hydrogens is 486 g/mol. The van der Waals surface area contributed by atoms with Crippen molar-refractivity contribution in [2.45, 2.75) is 18.4 Å². The van der Waals surface area contributed by atoms with Gasteiger partial charge in [0.2, 0.25) is 15.8 Å². The van der Waals surface area contributed by atoms with Gasteiger partial charge in [-0.3, -0.25) is 4.79 Å². The van der Waals surface area contributed by atoms with Crippen molar-refractivity contribution in [2.24, 2.45) is 0 Å². The van der Waals surface area contributed by atoms with E-state index in [1.165, 1.54) is 24.3 Å². The summed E-state index contributed by atoms with van der Waals surface area (Å²) >= 11 is 0.821. The number of carbonyl (C=O) groups excluding carboxylic acids is 1. The van der Waals surface area contributed by atoms with Crippen LogP contribution in [-0.2, 0) is 16.6 Å². The van der Waals surface area contributed by atoms with E-state index in [1.54, 1.807) is 19.1 Å². The Hall–Kier alpha value is -3.61. The minimum Gasteiger partial charge on any atom is -0.465 e. The molecule has 0 radical (unpaired) electrons. The molecule has 0 bridgehead atoms. The second-order valence-corrected chi connectivity index (χ2v) is 9.91. The number of ketones is 1. The number of nitrogens with one attached hydrogen (secondary N) is 2. The molecule has 0 saturated carbocycles. The van der Waals surface area contributed by atoms with Crippen molar-refractivity contribution in [2.75, 3.05) is 11.1 Å². The number of aromatic nitrogens is 1. The largest absolute Gasteiger partial charge is 0.465 e. The Morgan fingerprint density at radius 3 is 2.38 bits per heavy atom. The lowest BCUT2D eigenvalue weighted by Crippen LogP contribution is -2.22. The smallest absolute Gasteiger partial charge is 0.240 e. The maximum absolute atomic E-state index is 14.0. The van der Waals surface area contributed by atoms with Gasteiger partial charge in [-0.2, -0.15) is 0 Å². The van der Waals surface area contributed by atoms with Crippen LogP contribution in [0.1, 0.15) is 26.8 Å². The van der Waals surface area contributed by atoms with E-state index in [0.717, 1.165) is 29.5 Å². The number of nitrogen functional groups attached to an aromatic ring is 1. The zero-order chi connectivity index (χ0) is 24.5. The summed E-state index contributed by atoms with van der Waals surface area (Å²) in [4.78, 5) is 16.5. The van der Waals surface area contributed by atoms with Gasteiger partial charge < -0.3 is 15.5 Å². The molecule has 0 aliphatic carbocycles. The van der Waals surface area contributed by atoms with Crippen LogP contribution < -0.4 is 15.8 Å². The van der Waals surface area contributed by atoms with E-state index in [-0.39, 0.29) is 27.3 Å². The van der Waals surface area contributed by atoms with Gasteiger partial charge in [0, 0.05) is 5.69 Å². The lowest BCUT2D eigenvalue weighted by Gasteiger charge is -2.07. The molecule has 176 valence electrons. The molecule has 2 aromatic heterocycles. The van der Waals surface area contributed by atoms with Crippen molar-refractivity contribution >= 4 is 43.8 Å². The average Bonchev–Trinajstić information content (AvgIpc) is 3.37. The summed E-state index contributed by atoms with van der Waals surface area (Å²) in [5.41, 5.74) is 5.55. The molecule has 4 aromatic rings. The molecule has 0 spiro atoms. The molecule has 0 aliphatic heterocycles. The molecule has 2 aromatic carbocycles. The maximum atomic E-state index is 14.0. The first-order valence-electron chi connectivity index (χ1n) is 9.81. The number of rotatable bonds is 8. The Labute approximate surface area is 197 Å². The Morgan fingerprint density at radius 1 is 1.09 bits per heavy atom. The van der Waals surface area contributed by atoms with Crippen LogP contribution in [0.3, 0.4) is 0 Å². The monoisotopic (exact) mass is 504 g/mol. The van der Waals surface area contributed by atoms with Crippen molar-refractivity contribution in [1.82, 2.24) is 9.71 Å². The number of carbonyl (C=O) groups is 1. The van der Waals surface area contributed by atoms with E-state index < -0.39 is 33.0 Å². The summed E-state index contributed by atoms with van der Waals surface area (Å²) in [6.07, 6.45) is 0. The number of nitrogens with two attached hydrogens (primary N) is 1. The van der Waals surface area contributed by atoms with Crippen molar-refractivity contribution in [3.8, 4) is 0 Å². The highest BCUT2D eigenvalue weighted by atomic mass is 32.2. The van der Waals surface area contributed by atoms with Crippen LogP contribution in [0.15, 0.2) is 63.9 Å². The van der Waals surface area contributed by atoms with E-state index >= 15 is 0 Å². The second kappa shape index (κ2) is 9.33. The van der Waals surface area contributed by atoms with E-state index in [1.807, 2.05) is 0 Å². The SMILES string of the molecule is Cc1ccc(CNS(=O)(=O)c2ccc(Nc3nc(N)c(C(=O)c4c(F)cccc4F)s3)cc2)o1. The quantitative estimate of drug-likeness (QED) is 0.304. The highest BCUT2D eigenvalue weighted by Crippen LogP contribution is 2.31. The topological polar surface area (TPSA) is 127 Å². The normalized spacial score (nSPS) is 11.5. The fraction of sp³-hybridized carbons (Fsp3) is 0.0909. The Balaban J connectivity index is 1.47. The van der Waals surface area contributed by atoms with E-state index in [2.05, 4.69) is 15.0 Å². The van der Waals surface area contributed by atoms with Crippen LogP contribution >= 0.6 is 11.3 Å². The number of hydrogen-bond donors (Lipinski definition) is 3. The second-order valence-electron chi connectivity index (χ2n) is 7.15. The van der Waals surface area contributed by atoms with Gasteiger partial charge in [0.25, 0.3) is 0 Å². The fourth-order valence-corrected chi connectivity index (χ4v) is 4.89. The number of anilines is 3. The Morgan fingerprint density at radius 2 is 1.76 bits per heavy atom. The fourth-order valence-electron chi connectivity index (χ4n) is 3.05. The minimum atomic E-state index is -3.78. The van der Waals surface area contributed by atoms with E-state index in [4.69, 9.17) is 10.2 Å². The molecule has 8 nitrogen and oxygen atoms in total. The third kappa shape index (κ3) is 4.98. The molecule has 0 saturated heterocycles. The summed E-state index contributed by atoms with van der Waals surface area (Å²) in [6, 6.07) is 12.3. The van der Waals surface area contributed by atoms with Crippen LogP contribution in [0.4, 0.5) is 25.4 Å². The molecule has 0 unspecified atom stereocenters. The maximum Gasteiger partial charge on any atom is 0.240 e. The van der Waals surface area contributed by atoms with Crippen LogP contribution in [-0.4, -0.2) is 19.2 Å². The predicted molar refractivity (Wildman–Crippen MR) is 124 cm³/mol. The molecule has 4 rings (SSSR count). The summed E-state index contributed by atoms with van der Waals surface area (Å²) in [6.45, 7) is 1.77. The van der Waals surface area contributed by atoms with Crippen molar-refractivity contribution < 1.29 is 26.4 Å². The van der Waals surface area contributed by atoms with E-state index in [9.17, 15) is 22.0 Å². The predicted octanol–water partition coefficient (Wildman–Crippen LogP) is 4.36. The molecule has 0 aliphatic rings. The Bertz CT molecular complexity index is 1440. The number of thiazole rings is 1. The highest BCUT2D eigenvalue weighted by molar-refractivity contribution is 7.89. The van der Waals surface area contributed by atoms with Crippen LogP contribution in [0.25, 0.3) is 0 Å². The molecule has 2 heterocycles. The van der Waals surface area contributed by atoms with Gasteiger partial charge in [0.05, 0.1) is 17.0 Å². The number of halogens is 2. The zero-order valence-corrected chi connectivity index (χ0v) is 19.3.